The van der Waals surface area contributed by atoms with Gasteiger partial charge in [0.2, 0.25) is 0 Å². The van der Waals surface area contributed by atoms with Gasteiger partial charge >= 0.3 is 5.97 Å². The van der Waals surface area contributed by atoms with Crippen LogP contribution < -0.4 is 5.32 Å². The van der Waals surface area contributed by atoms with E-state index in [0.29, 0.717) is 17.9 Å². The van der Waals surface area contributed by atoms with E-state index in [9.17, 15) is 9.59 Å². The van der Waals surface area contributed by atoms with Crippen LogP contribution in [0.5, 0.6) is 0 Å². The summed E-state index contributed by atoms with van der Waals surface area (Å²) in [4.78, 5) is 23.7. The highest BCUT2D eigenvalue weighted by atomic mass is 35.5. The summed E-state index contributed by atoms with van der Waals surface area (Å²) in [6, 6.07) is 6.34. The molecular weight excluding hydrogens is 298 g/mol. The highest BCUT2D eigenvalue weighted by Crippen LogP contribution is 2.08. The number of ether oxygens (including phenoxy) is 1. The standard InChI is InChI=1S/C14H18ClNO3S/c1-19-14(18)12(7-8-20-2)16-13(17)11-5-3-10(9-15)4-6-11/h3-6,12H,7-9H2,1-2H3,(H,16,17). The molecule has 0 spiro atoms. The smallest absolute Gasteiger partial charge is 0.328 e. The van der Waals surface area contributed by atoms with Crippen molar-refractivity contribution in [2.24, 2.45) is 0 Å². The predicted molar refractivity (Wildman–Crippen MR) is 82.3 cm³/mol. The number of benzene rings is 1. The molecule has 1 aromatic rings. The Morgan fingerprint density at radius 3 is 2.50 bits per heavy atom. The number of hydrogen-bond donors (Lipinski definition) is 1. The van der Waals surface area contributed by atoms with E-state index in [1.807, 2.05) is 6.26 Å². The van der Waals surface area contributed by atoms with E-state index in [-0.39, 0.29) is 5.91 Å². The highest BCUT2D eigenvalue weighted by molar-refractivity contribution is 7.98. The van der Waals surface area contributed by atoms with Crippen LogP contribution in [-0.2, 0) is 15.4 Å². The zero-order valence-corrected chi connectivity index (χ0v) is 13.1. The Kier molecular flexibility index (Phi) is 7.47. The summed E-state index contributed by atoms with van der Waals surface area (Å²) >= 11 is 7.31. The predicted octanol–water partition coefficient (Wildman–Crippen LogP) is 2.45. The van der Waals surface area contributed by atoms with Crippen LogP contribution in [0.15, 0.2) is 24.3 Å². The fourth-order valence-electron chi connectivity index (χ4n) is 1.61. The molecule has 1 atom stereocenters. The Hall–Kier alpha value is -1.20. The molecule has 110 valence electrons. The van der Waals surface area contributed by atoms with E-state index in [2.05, 4.69) is 5.32 Å². The Labute approximate surface area is 128 Å². The van der Waals surface area contributed by atoms with E-state index in [4.69, 9.17) is 16.3 Å². The lowest BCUT2D eigenvalue weighted by Crippen LogP contribution is -2.41. The van der Waals surface area contributed by atoms with Gasteiger partial charge in [0.25, 0.3) is 5.91 Å². The summed E-state index contributed by atoms with van der Waals surface area (Å²) in [6.45, 7) is 0. The molecule has 0 heterocycles. The van der Waals surface area contributed by atoms with E-state index in [0.717, 1.165) is 11.3 Å². The van der Waals surface area contributed by atoms with Gasteiger partial charge in [-0.1, -0.05) is 12.1 Å². The van der Waals surface area contributed by atoms with Gasteiger partial charge in [0.1, 0.15) is 6.04 Å². The van der Waals surface area contributed by atoms with E-state index in [1.54, 1.807) is 36.0 Å². The lowest BCUT2D eigenvalue weighted by molar-refractivity contribution is -0.142. The minimum Gasteiger partial charge on any atom is -0.467 e. The second-order valence-corrected chi connectivity index (χ2v) is 5.41. The van der Waals surface area contributed by atoms with Crippen molar-refractivity contribution in [3.05, 3.63) is 35.4 Å². The number of halogens is 1. The first-order valence-electron chi connectivity index (χ1n) is 6.15. The number of thioether (sulfide) groups is 1. The molecule has 6 heteroatoms. The molecule has 0 saturated heterocycles. The Morgan fingerprint density at radius 1 is 1.35 bits per heavy atom. The maximum Gasteiger partial charge on any atom is 0.328 e. The molecule has 1 N–H and O–H groups in total. The largest absolute Gasteiger partial charge is 0.467 e. The van der Waals surface area contributed by atoms with Gasteiger partial charge in [0, 0.05) is 11.4 Å². The van der Waals surface area contributed by atoms with Crippen LogP contribution in [0.4, 0.5) is 0 Å². The number of methoxy groups -OCH3 is 1. The molecule has 1 unspecified atom stereocenters. The fourth-order valence-corrected chi connectivity index (χ4v) is 2.26. The van der Waals surface area contributed by atoms with Crippen LogP contribution in [0.2, 0.25) is 0 Å². The Balaban J connectivity index is 2.70. The Bertz CT molecular complexity index is 450. The maximum absolute atomic E-state index is 12.1. The maximum atomic E-state index is 12.1. The van der Waals surface area contributed by atoms with Crippen LogP contribution in [0.1, 0.15) is 22.3 Å². The minimum absolute atomic E-state index is 0.289. The second-order valence-electron chi connectivity index (χ2n) is 4.16. The number of rotatable bonds is 7. The quantitative estimate of drug-likeness (QED) is 0.620. The number of hydrogen-bond acceptors (Lipinski definition) is 4. The number of nitrogens with one attached hydrogen (secondary N) is 1. The van der Waals surface area contributed by atoms with Crippen LogP contribution in [-0.4, -0.2) is 37.0 Å². The third-order valence-electron chi connectivity index (χ3n) is 2.77. The molecule has 20 heavy (non-hydrogen) atoms. The molecule has 0 aromatic heterocycles. The van der Waals surface area contributed by atoms with Crippen molar-refractivity contribution in [1.29, 1.82) is 0 Å². The summed E-state index contributed by atoms with van der Waals surface area (Å²) in [5.74, 6) is 0.457. The number of carbonyl (C=O) groups is 2. The molecule has 1 aromatic carbocycles. The average molecular weight is 316 g/mol. The first-order chi connectivity index (χ1) is 9.62. The zero-order valence-electron chi connectivity index (χ0n) is 11.5. The van der Waals surface area contributed by atoms with Crippen molar-refractivity contribution >= 4 is 35.2 Å². The van der Waals surface area contributed by atoms with E-state index in [1.165, 1.54) is 7.11 Å². The zero-order chi connectivity index (χ0) is 15.0. The summed E-state index contributed by atoms with van der Waals surface area (Å²) in [5.41, 5.74) is 1.44. The topological polar surface area (TPSA) is 55.4 Å². The summed E-state index contributed by atoms with van der Waals surface area (Å²) < 4.78 is 4.70. The van der Waals surface area contributed by atoms with Gasteiger partial charge in [0.15, 0.2) is 0 Å². The molecule has 0 aliphatic heterocycles. The molecule has 1 amide bonds. The van der Waals surface area contributed by atoms with Gasteiger partial charge in [-0.3, -0.25) is 4.79 Å². The molecular formula is C14H18ClNO3S. The van der Waals surface area contributed by atoms with Crippen molar-refractivity contribution in [1.82, 2.24) is 5.32 Å². The summed E-state index contributed by atoms with van der Waals surface area (Å²) in [5, 5.41) is 2.70. The van der Waals surface area contributed by atoms with Crippen molar-refractivity contribution in [3.63, 3.8) is 0 Å². The molecule has 0 fully saturated rings. The first-order valence-corrected chi connectivity index (χ1v) is 8.07. The summed E-state index contributed by atoms with van der Waals surface area (Å²) in [7, 11) is 1.32. The van der Waals surface area contributed by atoms with Gasteiger partial charge in [0.05, 0.1) is 7.11 Å². The molecule has 1 rings (SSSR count). The highest BCUT2D eigenvalue weighted by Gasteiger charge is 2.21. The normalized spacial score (nSPS) is 11.8. The third kappa shape index (κ3) is 5.06. The number of esters is 1. The van der Waals surface area contributed by atoms with Gasteiger partial charge in [-0.05, 0) is 36.1 Å². The molecule has 0 aliphatic rings. The molecule has 0 bridgehead atoms. The number of carbonyl (C=O) groups excluding carboxylic acids is 2. The van der Waals surface area contributed by atoms with Gasteiger partial charge < -0.3 is 10.1 Å². The lowest BCUT2D eigenvalue weighted by atomic mass is 10.1. The average Bonchev–Trinajstić information content (AvgIpc) is 2.50. The monoisotopic (exact) mass is 315 g/mol. The van der Waals surface area contributed by atoms with Crippen LogP contribution in [0, 0.1) is 0 Å². The van der Waals surface area contributed by atoms with Gasteiger partial charge in [-0.25, -0.2) is 4.79 Å². The lowest BCUT2D eigenvalue weighted by Gasteiger charge is -2.16. The van der Waals surface area contributed by atoms with Crippen LogP contribution >= 0.6 is 23.4 Å². The third-order valence-corrected chi connectivity index (χ3v) is 3.72. The van der Waals surface area contributed by atoms with E-state index < -0.39 is 12.0 Å². The first kappa shape index (κ1) is 16.9. The number of amides is 1. The minimum atomic E-state index is -0.618. The van der Waals surface area contributed by atoms with Crippen molar-refractivity contribution in [3.8, 4) is 0 Å². The van der Waals surface area contributed by atoms with E-state index >= 15 is 0 Å². The molecule has 4 nitrogen and oxygen atoms in total. The van der Waals surface area contributed by atoms with Crippen LogP contribution in [0.3, 0.4) is 0 Å². The SMILES string of the molecule is COC(=O)C(CCSC)NC(=O)c1ccc(CCl)cc1. The van der Waals surface area contributed by atoms with Crippen molar-refractivity contribution in [2.75, 3.05) is 19.1 Å². The Morgan fingerprint density at radius 2 is 2.00 bits per heavy atom. The molecule has 0 saturated carbocycles. The number of alkyl halides is 1. The van der Waals surface area contributed by atoms with Crippen LogP contribution in [0.25, 0.3) is 0 Å². The van der Waals surface area contributed by atoms with Crippen molar-refractivity contribution < 1.29 is 14.3 Å². The summed E-state index contributed by atoms with van der Waals surface area (Å²) in [6.07, 6.45) is 2.49. The molecule has 0 radical (unpaired) electrons. The van der Waals surface area contributed by atoms with Crippen molar-refractivity contribution in [2.45, 2.75) is 18.3 Å². The van der Waals surface area contributed by atoms with Gasteiger partial charge in [-0.15, -0.1) is 11.6 Å². The van der Waals surface area contributed by atoms with Gasteiger partial charge in [-0.2, -0.15) is 11.8 Å². The molecule has 0 aliphatic carbocycles. The second kappa shape index (κ2) is 8.87. The fraction of sp³-hybridized carbons (Fsp3) is 0.429.